The van der Waals surface area contributed by atoms with E-state index in [0.717, 1.165) is 5.75 Å². The van der Waals surface area contributed by atoms with Crippen molar-refractivity contribution in [1.82, 2.24) is 5.32 Å². The Bertz CT molecular complexity index is 881. The summed E-state index contributed by atoms with van der Waals surface area (Å²) in [6, 6.07) is 28.0. The minimum atomic E-state index is -0.268. The molecule has 3 aromatic rings. The Morgan fingerprint density at radius 2 is 1.36 bits per heavy atom. The number of rotatable bonds is 7. The third-order valence-corrected chi connectivity index (χ3v) is 3.78. The molecule has 0 aromatic heterocycles. The molecule has 0 spiro atoms. The highest BCUT2D eigenvalue weighted by Gasteiger charge is 2.10. The van der Waals surface area contributed by atoms with Gasteiger partial charge in [-0.25, -0.2) is 4.99 Å². The van der Waals surface area contributed by atoms with Crippen molar-refractivity contribution in [2.45, 2.75) is 6.42 Å². The summed E-state index contributed by atoms with van der Waals surface area (Å²) in [6.45, 7) is 0.989. The topological polar surface area (TPSA) is 59.9 Å². The second-order valence-electron chi connectivity index (χ2n) is 5.94. The van der Waals surface area contributed by atoms with Crippen LogP contribution in [0.1, 0.15) is 16.8 Å². The largest absolute Gasteiger partial charge is 0.494 e. The molecule has 5 nitrogen and oxygen atoms in total. The number of aliphatic imine (C=N–C) groups is 1. The molecule has 5 heteroatoms. The fraction of sp³-hybridized carbons (Fsp3) is 0.130. The zero-order chi connectivity index (χ0) is 19.4. The minimum absolute atomic E-state index is 0.166. The van der Waals surface area contributed by atoms with Crippen molar-refractivity contribution in [1.29, 1.82) is 0 Å². The summed E-state index contributed by atoms with van der Waals surface area (Å²) in [5, 5.41) is 2.74. The lowest BCUT2D eigenvalue weighted by Crippen LogP contribution is -2.34. The Morgan fingerprint density at radius 3 is 2.00 bits per heavy atom. The van der Waals surface area contributed by atoms with Crippen LogP contribution in [0.3, 0.4) is 0 Å². The zero-order valence-corrected chi connectivity index (χ0v) is 15.5. The number of para-hydroxylation sites is 2. The summed E-state index contributed by atoms with van der Waals surface area (Å²) in [5.74, 6) is 1.16. The first-order chi connectivity index (χ1) is 13.8. The second-order valence-corrected chi connectivity index (χ2v) is 5.94. The first-order valence-corrected chi connectivity index (χ1v) is 9.13. The highest BCUT2D eigenvalue weighted by molar-refractivity contribution is 6.04. The van der Waals surface area contributed by atoms with Crippen LogP contribution in [0.25, 0.3) is 0 Å². The number of nitrogens with zero attached hydrogens (tertiary/aromatic N) is 1. The minimum Gasteiger partial charge on any atom is -0.494 e. The Morgan fingerprint density at radius 1 is 0.786 bits per heavy atom. The molecule has 0 aliphatic carbocycles. The van der Waals surface area contributed by atoms with Crippen LogP contribution in [-0.2, 0) is 0 Å². The van der Waals surface area contributed by atoms with Gasteiger partial charge >= 0.3 is 0 Å². The average Bonchev–Trinajstić information content (AvgIpc) is 2.75. The van der Waals surface area contributed by atoms with E-state index in [9.17, 15) is 4.79 Å². The van der Waals surface area contributed by atoms with Gasteiger partial charge in [-0.15, -0.1) is 0 Å². The van der Waals surface area contributed by atoms with Crippen molar-refractivity contribution in [2.24, 2.45) is 4.99 Å². The molecule has 0 saturated heterocycles. The van der Waals surface area contributed by atoms with Gasteiger partial charge in [-0.1, -0.05) is 54.6 Å². The lowest BCUT2D eigenvalue weighted by molar-refractivity contribution is 0.0971. The number of benzene rings is 3. The summed E-state index contributed by atoms with van der Waals surface area (Å²) in [4.78, 5) is 16.8. The third kappa shape index (κ3) is 6.29. The molecule has 0 atom stereocenters. The number of amides is 1. The molecule has 0 heterocycles. The van der Waals surface area contributed by atoms with E-state index in [2.05, 4.69) is 10.3 Å². The molecule has 0 saturated carbocycles. The van der Waals surface area contributed by atoms with Crippen molar-refractivity contribution < 1.29 is 14.3 Å². The van der Waals surface area contributed by atoms with E-state index in [-0.39, 0.29) is 11.9 Å². The third-order valence-electron chi connectivity index (χ3n) is 3.78. The maximum atomic E-state index is 12.4. The standard InChI is InChI=1S/C23H22N2O3/c26-22(19-11-4-1-5-12-19)25-23(28-21-15-8-3-9-16-21)24-17-10-18-27-20-13-6-2-7-14-20/h1-9,11-16H,10,17-18H2,(H,24,25,26). The molecular formula is C23H22N2O3. The summed E-state index contributed by atoms with van der Waals surface area (Å²) in [5.41, 5.74) is 0.541. The van der Waals surface area contributed by atoms with Gasteiger partial charge in [-0.3, -0.25) is 10.1 Å². The van der Waals surface area contributed by atoms with Crippen LogP contribution in [0.4, 0.5) is 0 Å². The van der Waals surface area contributed by atoms with Gasteiger partial charge < -0.3 is 9.47 Å². The van der Waals surface area contributed by atoms with Gasteiger partial charge in [0.05, 0.1) is 6.61 Å². The van der Waals surface area contributed by atoms with Crippen LogP contribution in [0.15, 0.2) is 96.0 Å². The van der Waals surface area contributed by atoms with Gasteiger partial charge in [0, 0.05) is 18.5 Å². The molecule has 0 radical (unpaired) electrons. The maximum Gasteiger partial charge on any atom is 0.297 e. The molecule has 3 rings (SSSR count). The SMILES string of the molecule is O=C(N/C(=N/CCCOc1ccccc1)Oc1ccccc1)c1ccccc1. The van der Waals surface area contributed by atoms with Crippen LogP contribution in [-0.4, -0.2) is 25.1 Å². The molecular weight excluding hydrogens is 352 g/mol. The average molecular weight is 374 g/mol. The smallest absolute Gasteiger partial charge is 0.297 e. The number of nitrogens with one attached hydrogen (secondary N) is 1. The molecule has 0 unspecified atom stereocenters. The highest BCUT2D eigenvalue weighted by atomic mass is 16.5. The van der Waals surface area contributed by atoms with E-state index in [1.54, 1.807) is 12.1 Å². The van der Waals surface area contributed by atoms with Gasteiger partial charge in [0.25, 0.3) is 11.9 Å². The van der Waals surface area contributed by atoms with Crippen LogP contribution in [0.2, 0.25) is 0 Å². The summed E-state index contributed by atoms with van der Waals surface area (Å²) < 4.78 is 11.4. The molecule has 0 aliphatic rings. The number of carbonyl (C=O) groups is 1. The van der Waals surface area contributed by atoms with Crippen molar-refractivity contribution in [2.75, 3.05) is 13.2 Å². The molecule has 28 heavy (non-hydrogen) atoms. The fourth-order valence-electron chi connectivity index (χ4n) is 2.41. The van der Waals surface area contributed by atoms with Gasteiger partial charge in [0.15, 0.2) is 0 Å². The summed E-state index contributed by atoms with van der Waals surface area (Å²) >= 11 is 0. The van der Waals surface area contributed by atoms with E-state index < -0.39 is 0 Å². The molecule has 1 N–H and O–H groups in total. The van der Waals surface area contributed by atoms with E-state index >= 15 is 0 Å². The quantitative estimate of drug-likeness (QED) is 0.381. The predicted octanol–water partition coefficient (Wildman–Crippen LogP) is 4.32. The van der Waals surface area contributed by atoms with E-state index in [1.165, 1.54) is 0 Å². The number of hydrogen-bond donors (Lipinski definition) is 1. The number of hydrogen-bond acceptors (Lipinski definition) is 4. The molecule has 1 amide bonds. The molecule has 0 fully saturated rings. The lowest BCUT2D eigenvalue weighted by atomic mass is 10.2. The maximum absolute atomic E-state index is 12.4. The fourth-order valence-corrected chi connectivity index (χ4v) is 2.41. The van der Waals surface area contributed by atoms with Gasteiger partial charge in [0.1, 0.15) is 11.5 Å². The van der Waals surface area contributed by atoms with Crippen molar-refractivity contribution >= 4 is 11.9 Å². The molecule has 0 aliphatic heterocycles. The Hall–Kier alpha value is -3.60. The highest BCUT2D eigenvalue weighted by Crippen LogP contribution is 2.10. The molecule has 0 bridgehead atoms. The summed E-state index contributed by atoms with van der Waals surface area (Å²) in [7, 11) is 0. The van der Waals surface area contributed by atoms with Crippen molar-refractivity contribution in [3.63, 3.8) is 0 Å². The van der Waals surface area contributed by atoms with Gasteiger partial charge in [-0.05, 0) is 36.4 Å². The van der Waals surface area contributed by atoms with Crippen LogP contribution in [0, 0.1) is 0 Å². The Kier molecular flexibility index (Phi) is 7.21. The zero-order valence-electron chi connectivity index (χ0n) is 15.5. The number of carbonyl (C=O) groups excluding carboxylic acids is 1. The first kappa shape index (κ1) is 19.2. The predicted molar refractivity (Wildman–Crippen MR) is 110 cm³/mol. The van der Waals surface area contributed by atoms with E-state index in [0.29, 0.717) is 30.9 Å². The molecule has 3 aromatic carbocycles. The number of amidine groups is 1. The summed E-state index contributed by atoms with van der Waals surface area (Å²) in [6.07, 6.45) is 0.692. The second kappa shape index (κ2) is 10.5. The monoisotopic (exact) mass is 374 g/mol. The van der Waals surface area contributed by atoms with Crippen LogP contribution < -0.4 is 14.8 Å². The Labute approximate surface area is 164 Å². The Balaban J connectivity index is 1.58. The van der Waals surface area contributed by atoms with Crippen LogP contribution >= 0.6 is 0 Å². The van der Waals surface area contributed by atoms with Gasteiger partial charge in [-0.2, -0.15) is 0 Å². The van der Waals surface area contributed by atoms with Crippen molar-refractivity contribution in [3.05, 3.63) is 96.6 Å². The number of ether oxygens (including phenoxy) is 2. The normalized spacial score (nSPS) is 10.9. The van der Waals surface area contributed by atoms with Gasteiger partial charge in [0.2, 0.25) is 0 Å². The van der Waals surface area contributed by atoms with Crippen molar-refractivity contribution in [3.8, 4) is 11.5 Å². The van der Waals surface area contributed by atoms with Crippen LogP contribution in [0.5, 0.6) is 11.5 Å². The molecule has 142 valence electrons. The van der Waals surface area contributed by atoms with E-state index in [1.807, 2.05) is 78.9 Å². The lowest BCUT2D eigenvalue weighted by Gasteiger charge is -2.11. The first-order valence-electron chi connectivity index (χ1n) is 9.13. The van der Waals surface area contributed by atoms with E-state index in [4.69, 9.17) is 9.47 Å².